The van der Waals surface area contributed by atoms with Crippen LogP contribution in [0.3, 0.4) is 0 Å². The van der Waals surface area contributed by atoms with Crippen molar-refractivity contribution in [1.82, 2.24) is 9.47 Å². The summed E-state index contributed by atoms with van der Waals surface area (Å²) in [5.41, 5.74) is 3.60. The van der Waals surface area contributed by atoms with Gasteiger partial charge in [-0.1, -0.05) is 13.8 Å². The topological polar surface area (TPSA) is 135 Å². The normalized spacial score (nSPS) is 23.9. The van der Waals surface area contributed by atoms with Gasteiger partial charge in [-0.15, -0.1) is 0 Å². The third-order valence-electron chi connectivity index (χ3n) is 8.52. The number of carbonyl (C=O) groups excluding carboxylic acids is 2. The molecule has 0 radical (unpaired) electrons. The van der Waals surface area contributed by atoms with Gasteiger partial charge in [-0.25, -0.2) is 18.4 Å². The number of carbonyl (C=O) groups is 3. The maximum absolute atomic E-state index is 15.8. The van der Waals surface area contributed by atoms with Crippen molar-refractivity contribution in [2.75, 3.05) is 24.6 Å². The zero-order chi connectivity index (χ0) is 28.0. The molecule has 3 aliphatic heterocycles. The lowest BCUT2D eigenvalue weighted by Gasteiger charge is -2.42. The predicted octanol–water partition coefficient (Wildman–Crippen LogP) is 2.29. The summed E-state index contributed by atoms with van der Waals surface area (Å²) in [6.07, 6.45) is 3.40. The maximum Gasteiger partial charge on any atom is 0.352 e. The Morgan fingerprint density at radius 3 is 2.51 bits per heavy atom. The zero-order valence-electron chi connectivity index (χ0n) is 21.5. The Hall–Kier alpha value is -3.80. The van der Waals surface area contributed by atoms with E-state index in [1.807, 2.05) is 0 Å². The van der Waals surface area contributed by atoms with Crippen molar-refractivity contribution in [2.45, 2.75) is 57.7 Å². The monoisotopic (exact) mass is 542 g/mol. The molecule has 6 rings (SSSR count). The fourth-order valence-corrected chi connectivity index (χ4v) is 6.13. The first-order chi connectivity index (χ1) is 18.4. The average molecular weight is 543 g/mol. The molecule has 1 aromatic carbocycles. The molecule has 3 fully saturated rings. The molecule has 1 aliphatic carbocycles. The second kappa shape index (κ2) is 8.60. The number of esters is 1. The Labute approximate surface area is 221 Å². The molecule has 0 bridgehead atoms. The lowest BCUT2D eigenvalue weighted by atomic mass is 9.76. The number of nitrogens with two attached hydrogens (primary N) is 1. The van der Waals surface area contributed by atoms with E-state index < -0.39 is 46.6 Å². The van der Waals surface area contributed by atoms with E-state index in [9.17, 15) is 24.3 Å². The smallest absolute Gasteiger partial charge is 0.352 e. The van der Waals surface area contributed by atoms with Gasteiger partial charge in [0.05, 0.1) is 16.9 Å². The van der Waals surface area contributed by atoms with Crippen LogP contribution in [0.25, 0.3) is 10.9 Å². The highest BCUT2D eigenvalue weighted by atomic mass is 19.1. The Morgan fingerprint density at radius 1 is 1.21 bits per heavy atom. The van der Waals surface area contributed by atoms with Crippen LogP contribution in [-0.4, -0.2) is 64.2 Å². The third-order valence-corrected chi connectivity index (χ3v) is 8.52. The molecule has 1 aromatic heterocycles. The third kappa shape index (κ3) is 3.75. The van der Waals surface area contributed by atoms with E-state index >= 15 is 8.78 Å². The summed E-state index contributed by atoms with van der Waals surface area (Å²) < 4.78 is 38.0. The van der Waals surface area contributed by atoms with Crippen molar-refractivity contribution in [2.24, 2.45) is 11.1 Å². The molecule has 12 heteroatoms. The fourth-order valence-electron chi connectivity index (χ4n) is 6.13. The number of pyridine rings is 1. The molecule has 2 saturated heterocycles. The number of β-lactam (4-membered cyclic amide) rings is 1. The largest absolute Gasteiger partial charge is 0.477 e. The molecule has 2 aromatic rings. The Bertz CT molecular complexity index is 1560. The average Bonchev–Trinajstić information content (AvgIpc) is 3.58. The second-order valence-corrected chi connectivity index (χ2v) is 11.3. The molecular weight excluding hydrogens is 514 g/mol. The summed E-state index contributed by atoms with van der Waals surface area (Å²) in [6, 6.07) is 0.215. The highest BCUT2D eigenvalue weighted by molar-refractivity contribution is 5.99. The molecule has 10 nitrogen and oxygen atoms in total. The van der Waals surface area contributed by atoms with Crippen molar-refractivity contribution in [3.63, 3.8) is 0 Å². The molecular formula is C27H28F2N4O6. The molecule has 3 N–H and O–H groups in total. The minimum Gasteiger partial charge on any atom is -0.477 e. The number of ether oxygens (including phenoxy) is 1. The van der Waals surface area contributed by atoms with Crippen molar-refractivity contribution < 1.29 is 33.0 Å². The number of nitrogens with zero attached hydrogens (tertiary/aromatic N) is 3. The number of carboxylic acid groups (broad SMARTS) is 1. The first-order valence-electron chi connectivity index (χ1n) is 12.9. The van der Waals surface area contributed by atoms with Crippen LogP contribution in [0.2, 0.25) is 0 Å². The number of halogens is 2. The van der Waals surface area contributed by atoms with Crippen LogP contribution in [0.1, 0.15) is 55.9 Å². The van der Waals surface area contributed by atoms with Crippen LogP contribution in [0.5, 0.6) is 0 Å². The number of fused-ring (bicyclic) bond motifs is 2. The SMILES string of the molecule is CC1(C)C(COC(=O)c2cn(C3CC3)c3c(F)c(N4CCC(N)C4)c(F)cc3c2=O)=C(C(=O)O)N2C(=O)CC21. The van der Waals surface area contributed by atoms with Gasteiger partial charge in [0.25, 0.3) is 0 Å². The molecule has 2 atom stereocenters. The van der Waals surface area contributed by atoms with Crippen molar-refractivity contribution in [3.8, 4) is 0 Å². The van der Waals surface area contributed by atoms with Crippen molar-refractivity contribution in [1.29, 1.82) is 0 Å². The van der Waals surface area contributed by atoms with Crippen LogP contribution < -0.4 is 16.1 Å². The molecule has 0 spiro atoms. The van der Waals surface area contributed by atoms with E-state index in [1.165, 1.54) is 20.6 Å². The molecule has 1 amide bonds. The van der Waals surface area contributed by atoms with Gasteiger partial charge in [0, 0.05) is 48.8 Å². The highest BCUT2D eigenvalue weighted by Crippen LogP contribution is 2.50. The minimum atomic E-state index is -1.31. The van der Waals surface area contributed by atoms with E-state index in [0.717, 1.165) is 6.07 Å². The summed E-state index contributed by atoms with van der Waals surface area (Å²) >= 11 is 0. The Kier molecular flexibility index (Phi) is 5.62. The predicted molar refractivity (Wildman–Crippen MR) is 135 cm³/mol. The molecule has 4 heterocycles. The second-order valence-electron chi connectivity index (χ2n) is 11.3. The number of anilines is 1. The molecule has 2 unspecified atom stereocenters. The Balaban J connectivity index is 1.38. The summed E-state index contributed by atoms with van der Waals surface area (Å²) in [7, 11) is 0. The van der Waals surface area contributed by atoms with Gasteiger partial charge in [0.2, 0.25) is 11.3 Å². The first kappa shape index (κ1) is 25.5. The van der Waals surface area contributed by atoms with Gasteiger partial charge in [0.1, 0.15) is 29.4 Å². The summed E-state index contributed by atoms with van der Waals surface area (Å²) in [4.78, 5) is 53.3. The molecule has 4 aliphatic rings. The Morgan fingerprint density at radius 2 is 1.92 bits per heavy atom. The molecule has 1 saturated carbocycles. The van der Waals surface area contributed by atoms with Crippen LogP contribution in [0.4, 0.5) is 14.5 Å². The van der Waals surface area contributed by atoms with E-state index in [-0.39, 0.29) is 64.9 Å². The van der Waals surface area contributed by atoms with E-state index in [1.54, 1.807) is 13.8 Å². The number of carboxylic acids is 1. The quantitative estimate of drug-likeness (QED) is 0.419. The van der Waals surface area contributed by atoms with Crippen LogP contribution in [0, 0.1) is 17.0 Å². The molecule has 39 heavy (non-hydrogen) atoms. The van der Waals surface area contributed by atoms with Crippen molar-refractivity contribution >= 4 is 34.4 Å². The van der Waals surface area contributed by atoms with E-state index in [2.05, 4.69) is 0 Å². The number of amides is 1. The molecule has 206 valence electrons. The van der Waals surface area contributed by atoms with Gasteiger partial charge in [-0.05, 0) is 25.3 Å². The van der Waals surface area contributed by atoms with Gasteiger partial charge in [-0.3, -0.25) is 9.59 Å². The first-order valence-corrected chi connectivity index (χ1v) is 12.9. The van der Waals surface area contributed by atoms with Gasteiger partial charge < -0.3 is 29.9 Å². The number of aromatic nitrogens is 1. The van der Waals surface area contributed by atoms with E-state index in [4.69, 9.17) is 10.5 Å². The number of benzene rings is 1. The van der Waals surface area contributed by atoms with Crippen LogP contribution >= 0.6 is 0 Å². The minimum absolute atomic E-state index is 0.0772. The standard InChI is InChI=1S/C27H28F2N4O6/c1-27(2)16(22(25(36)37)33-18(27)8-19(33)34)11-39-26(38)15-10-32(13-3-4-13)21-14(24(15)35)7-17(28)23(20(21)29)31-6-5-12(30)9-31/h7,10,12-13,18H,3-6,8-9,11,30H2,1-2H3,(H,36,37). The van der Waals surface area contributed by atoms with Gasteiger partial charge in [0.15, 0.2) is 5.82 Å². The number of rotatable bonds is 6. The number of hydrogen-bond donors (Lipinski definition) is 2. The maximum atomic E-state index is 15.8. The number of aliphatic carboxylic acids is 1. The fraction of sp³-hybridized carbons (Fsp3) is 0.481. The van der Waals surface area contributed by atoms with Crippen molar-refractivity contribution in [3.05, 3.63) is 51.0 Å². The van der Waals surface area contributed by atoms with E-state index in [0.29, 0.717) is 25.8 Å². The highest BCUT2D eigenvalue weighted by Gasteiger charge is 2.57. The summed E-state index contributed by atoms with van der Waals surface area (Å²) in [5, 5.41) is 9.47. The lowest BCUT2D eigenvalue weighted by Crippen LogP contribution is -2.54. The van der Waals surface area contributed by atoms with Crippen LogP contribution in [-0.2, 0) is 14.3 Å². The van der Waals surface area contributed by atoms with Gasteiger partial charge >= 0.3 is 11.9 Å². The van der Waals surface area contributed by atoms with Gasteiger partial charge in [-0.2, -0.15) is 0 Å². The zero-order valence-corrected chi connectivity index (χ0v) is 21.5. The van der Waals surface area contributed by atoms with Crippen LogP contribution in [0.15, 0.2) is 28.3 Å². The summed E-state index contributed by atoms with van der Waals surface area (Å²) in [6.45, 7) is 3.75. The lowest BCUT2D eigenvalue weighted by molar-refractivity contribution is -0.149. The summed E-state index contributed by atoms with van der Waals surface area (Å²) in [5.74, 6) is -4.47. The number of hydrogen-bond acceptors (Lipinski definition) is 7.